The monoisotopic (exact) mass is 414 g/mol. The first-order valence-corrected chi connectivity index (χ1v) is 10.6. The van der Waals surface area contributed by atoms with Gasteiger partial charge in [-0.2, -0.15) is 0 Å². The molecule has 0 bridgehead atoms. The van der Waals surface area contributed by atoms with Crippen molar-refractivity contribution in [2.75, 3.05) is 10.6 Å². The van der Waals surface area contributed by atoms with Crippen LogP contribution in [0, 0.1) is 19.8 Å². The van der Waals surface area contributed by atoms with Gasteiger partial charge in [-0.05, 0) is 63.3 Å². The number of benzene rings is 1. The lowest BCUT2D eigenvalue weighted by molar-refractivity contribution is -0.123. The van der Waals surface area contributed by atoms with Crippen molar-refractivity contribution in [3.63, 3.8) is 0 Å². The van der Waals surface area contributed by atoms with Crippen LogP contribution >= 0.6 is 11.3 Å². The molecule has 2 amide bonds. The molecule has 2 N–H and O–H groups in total. The van der Waals surface area contributed by atoms with Crippen LogP contribution in [0.3, 0.4) is 0 Å². The quantitative estimate of drug-likeness (QED) is 0.655. The fourth-order valence-corrected chi connectivity index (χ4v) is 3.91. The van der Waals surface area contributed by atoms with Crippen LogP contribution in [0.4, 0.5) is 10.7 Å². The predicted molar refractivity (Wildman–Crippen MR) is 114 cm³/mol. The van der Waals surface area contributed by atoms with Gasteiger partial charge in [0.25, 0.3) is 5.91 Å². The molecule has 29 heavy (non-hydrogen) atoms. The molecule has 3 rings (SSSR count). The molecule has 154 valence electrons. The van der Waals surface area contributed by atoms with Gasteiger partial charge in [-0.25, -0.2) is 4.79 Å². The summed E-state index contributed by atoms with van der Waals surface area (Å²) in [5.74, 6) is -1.05. The van der Waals surface area contributed by atoms with Crippen molar-refractivity contribution in [2.24, 2.45) is 5.92 Å². The van der Waals surface area contributed by atoms with E-state index in [1.165, 1.54) is 23.8 Å². The lowest BCUT2D eigenvalue weighted by atomic mass is 10.1. The molecule has 1 aliphatic rings. The molecule has 1 fully saturated rings. The van der Waals surface area contributed by atoms with Crippen molar-refractivity contribution in [1.29, 1.82) is 0 Å². The van der Waals surface area contributed by atoms with Crippen LogP contribution in [0.1, 0.15) is 53.1 Å². The first-order chi connectivity index (χ1) is 13.8. The fraction of sp³-hybridized carbons (Fsp3) is 0.409. The third-order valence-corrected chi connectivity index (χ3v) is 6.18. The molecule has 0 aliphatic heterocycles. The Kier molecular flexibility index (Phi) is 6.37. The summed E-state index contributed by atoms with van der Waals surface area (Å²) in [6, 6.07) is 7.53. The van der Waals surface area contributed by atoms with Gasteiger partial charge in [-0.1, -0.05) is 19.1 Å². The van der Waals surface area contributed by atoms with E-state index in [0.717, 1.165) is 29.7 Å². The Labute approximate surface area is 174 Å². The second-order valence-corrected chi connectivity index (χ2v) is 8.56. The number of esters is 1. The number of amides is 2. The Bertz CT molecular complexity index is 929. The Morgan fingerprint density at radius 2 is 1.79 bits per heavy atom. The second-order valence-electron chi connectivity index (χ2n) is 7.34. The van der Waals surface area contributed by atoms with Crippen LogP contribution in [0.5, 0.6) is 0 Å². The summed E-state index contributed by atoms with van der Waals surface area (Å²) in [6.07, 6.45) is 1.71. The van der Waals surface area contributed by atoms with Crippen LogP contribution in [0.15, 0.2) is 24.3 Å². The molecule has 1 aliphatic carbocycles. The number of rotatable bonds is 7. The lowest BCUT2D eigenvalue weighted by Gasteiger charge is -2.15. The number of ether oxygens (including phenoxy) is 1. The molecule has 1 aromatic heterocycles. The normalized spacial score (nSPS) is 14.2. The number of carbonyl (C=O) groups is 3. The van der Waals surface area contributed by atoms with Gasteiger partial charge >= 0.3 is 5.97 Å². The minimum Gasteiger partial charge on any atom is -0.449 e. The van der Waals surface area contributed by atoms with Gasteiger partial charge in [0.15, 0.2) is 6.10 Å². The van der Waals surface area contributed by atoms with Crippen molar-refractivity contribution in [1.82, 2.24) is 0 Å². The molecule has 1 heterocycles. The van der Waals surface area contributed by atoms with Gasteiger partial charge < -0.3 is 15.4 Å². The number of hydrogen-bond acceptors (Lipinski definition) is 5. The number of aryl methyl sites for hydroxylation is 2. The van der Waals surface area contributed by atoms with E-state index in [2.05, 4.69) is 17.6 Å². The van der Waals surface area contributed by atoms with Crippen molar-refractivity contribution in [3.05, 3.63) is 45.8 Å². The number of hydrogen-bond donors (Lipinski definition) is 2. The van der Waals surface area contributed by atoms with E-state index < -0.39 is 18.0 Å². The zero-order valence-electron chi connectivity index (χ0n) is 17.1. The molecule has 2 aromatic rings. The minimum absolute atomic E-state index is 0.0328. The Hall–Kier alpha value is -2.67. The zero-order chi connectivity index (χ0) is 21.1. The molecule has 0 saturated heterocycles. The van der Waals surface area contributed by atoms with E-state index in [4.69, 9.17) is 4.74 Å². The van der Waals surface area contributed by atoms with Crippen LogP contribution < -0.4 is 10.6 Å². The summed E-state index contributed by atoms with van der Waals surface area (Å²) in [7, 11) is 0. The molecule has 0 unspecified atom stereocenters. The Morgan fingerprint density at radius 3 is 2.38 bits per heavy atom. The summed E-state index contributed by atoms with van der Waals surface area (Å²) in [4.78, 5) is 38.3. The highest BCUT2D eigenvalue weighted by molar-refractivity contribution is 7.16. The highest BCUT2D eigenvalue weighted by Crippen LogP contribution is 2.36. The molecule has 7 heteroatoms. The molecule has 1 aromatic carbocycles. The zero-order valence-corrected chi connectivity index (χ0v) is 17.9. The number of nitrogens with one attached hydrogen (secondary N) is 2. The van der Waals surface area contributed by atoms with Crippen molar-refractivity contribution >= 4 is 39.8 Å². The summed E-state index contributed by atoms with van der Waals surface area (Å²) < 4.78 is 5.41. The maximum Gasteiger partial charge on any atom is 0.342 e. The summed E-state index contributed by atoms with van der Waals surface area (Å²) in [6.45, 7) is 7.30. The second kappa shape index (κ2) is 8.78. The van der Waals surface area contributed by atoms with E-state index in [-0.39, 0.29) is 11.8 Å². The smallest absolute Gasteiger partial charge is 0.342 e. The van der Waals surface area contributed by atoms with Crippen LogP contribution in [0.25, 0.3) is 0 Å². The van der Waals surface area contributed by atoms with Crippen LogP contribution in [0.2, 0.25) is 0 Å². The molecular formula is C22H26N2O4S. The van der Waals surface area contributed by atoms with Gasteiger partial charge in [0.2, 0.25) is 5.91 Å². The number of anilines is 2. The van der Waals surface area contributed by atoms with E-state index in [1.54, 1.807) is 0 Å². The van der Waals surface area contributed by atoms with Crippen LogP contribution in [-0.2, 0) is 20.7 Å². The molecule has 1 saturated carbocycles. The largest absolute Gasteiger partial charge is 0.449 e. The van der Waals surface area contributed by atoms with Crippen molar-refractivity contribution < 1.29 is 19.1 Å². The maximum atomic E-state index is 12.8. The Morgan fingerprint density at radius 1 is 1.14 bits per heavy atom. The van der Waals surface area contributed by atoms with E-state index >= 15 is 0 Å². The lowest BCUT2D eigenvalue weighted by Crippen LogP contribution is -2.30. The average molecular weight is 415 g/mol. The molecule has 0 radical (unpaired) electrons. The molecule has 0 spiro atoms. The first kappa shape index (κ1) is 21.0. The standard InChI is InChI=1S/C22H26N2O4S/c1-5-15-6-10-17(11-7-15)23-19(25)13(3)28-22(27)18-12(2)14(4)29-21(18)24-20(26)16-8-9-16/h6-7,10-11,13,16H,5,8-9H2,1-4H3,(H,23,25)(H,24,26)/t13-/m0/s1. The van der Waals surface area contributed by atoms with Crippen molar-refractivity contribution in [2.45, 2.75) is 53.1 Å². The number of thiophene rings is 1. The van der Waals surface area contributed by atoms with Crippen molar-refractivity contribution in [3.8, 4) is 0 Å². The third-order valence-electron chi connectivity index (χ3n) is 5.06. The highest BCUT2D eigenvalue weighted by Gasteiger charge is 2.32. The summed E-state index contributed by atoms with van der Waals surface area (Å²) >= 11 is 1.35. The maximum absolute atomic E-state index is 12.8. The van der Waals surface area contributed by atoms with Gasteiger partial charge in [0.05, 0.1) is 5.56 Å². The minimum atomic E-state index is -0.972. The van der Waals surface area contributed by atoms with Gasteiger partial charge in [-0.3, -0.25) is 9.59 Å². The fourth-order valence-electron chi connectivity index (χ4n) is 2.86. The molecular weight excluding hydrogens is 388 g/mol. The van der Waals surface area contributed by atoms with E-state index in [1.807, 2.05) is 38.1 Å². The third kappa shape index (κ3) is 5.03. The molecule has 6 nitrogen and oxygen atoms in total. The first-order valence-electron chi connectivity index (χ1n) is 9.81. The summed E-state index contributed by atoms with van der Waals surface area (Å²) in [5, 5.41) is 6.09. The average Bonchev–Trinajstić information content (AvgIpc) is 3.49. The van der Waals surface area contributed by atoms with E-state index in [9.17, 15) is 14.4 Å². The van der Waals surface area contributed by atoms with Gasteiger partial charge in [0.1, 0.15) is 5.00 Å². The summed E-state index contributed by atoms with van der Waals surface area (Å²) in [5.41, 5.74) is 2.91. The topological polar surface area (TPSA) is 84.5 Å². The van der Waals surface area contributed by atoms with Crippen LogP contribution in [-0.4, -0.2) is 23.9 Å². The molecule has 1 atom stereocenters. The van der Waals surface area contributed by atoms with E-state index in [0.29, 0.717) is 16.3 Å². The number of carbonyl (C=O) groups excluding carboxylic acids is 3. The predicted octanol–water partition coefficient (Wildman–Crippen LogP) is 4.46. The SMILES string of the molecule is CCc1ccc(NC(=O)[C@H](C)OC(=O)c2c(NC(=O)C3CC3)sc(C)c2C)cc1. The van der Waals surface area contributed by atoms with Gasteiger partial charge in [0, 0.05) is 16.5 Å². The highest BCUT2D eigenvalue weighted by atomic mass is 32.1. The Balaban J connectivity index is 1.66. The van der Waals surface area contributed by atoms with Gasteiger partial charge in [-0.15, -0.1) is 11.3 Å².